The van der Waals surface area contributed by atoms with Gasteiger partial charge in [0.05, 0.1) is 0 Å². The van der Waals surface area contributed by atoms with Crippen LogP contribution in [0.5, 0.6) is 0 Å². The van der Waals surface area contributed by atoms with Crippen molar-refractivity contribution in [3.63, 3.8) is 0 Å². The molecule has 4 heteroatoms. The molecule has 2 unspecified atom stereocenters. The minimum Gasteiger partial charge on any atom is -0.356 e. The van der Waals surface area contributed by atoms with E-state index in [1.807, 2.05) is 7.05 Å². The summed E-state index contributed by atoms with van der Waals surface area (Å²) in [6.07, 6.45) is 1.26. The molecule has 1 aromatic carbocycles. The van der Waals surface area contributed by atoms with E-state index < -0.39 is 0 Å². The van der Waals surface area contributed by atoms with Gasteiger partial charge in [-0.25, -0.2) is 0 Å². The number of hydrogen-bond acceptors (Lipinski definition) is 2. The fourth-order valence-corrected chi connectivity index (χ4v) is 4.33. The van der Waals surface area contributed by atoms with Crippen molar-refractivity contribution in [3.05, 3.63) is 35.9 Å². The molecule has 2 fully saturated rings. The number of nitrogens with one attached hydrogen (secondary N) is 1. The zero-order valence-corrected chi connectivity index (χ0v) is 17.4. The van der Waals surface area contributed by atoms with Crippen LogP contribution in [0.25, 0.3) is 0 Å². The summed E-state index contributed by atoms with van der Waals surface area (Å²) >= 11 is 0. The molecule has 0 bridgehead atoms. The Balaban J connectivity index is 1.52. The number of nitrogens with zero attached hydrogens (tertiary/aromatic N) is 3. The van der Waals surface area contributed by atoms with Crippen molar-refractivity contribution in [2.75, 3.05) is 26.7 Å². The van der Waals surface area contributed by atoms with E-state index in [0.29, 0.717) is 17.4 Å². The Morgan fingerprint density at radius 1 is 1.19 bits per heavy atom. The lowest BCUT2D eigenvalue weighted by Crippen LogP contribution is -2.72. The summed E-state index contributed by atoms with van der Waals surface area (Å²) in [4.78, 5) is 9.59. The van der Waals surface area contributed by atoms with Crippen molar-refractivity contribution in [1.82, 2.24) is 15.1 Å². The summed E-state index contributed by atoms with van der Waals surface area (Å²) in [7, 11) is 1.91. The minimum absolute atomic E-state index is 0.150. The first-order valence-electron chi connectivity index (χ1n) is 10.0. The predicted molar refractivity (Wildman–Crippen MR) is 110 cm³/mol. The largest absolute Gasteiger partial charge is 0.356 e. The van der Waals surface area contributed by atoms with Crippen molar-refractivity contribution < 1.29 is 0 Å². The third-order valence-electron chi connectivity index (χ3n) is 6.92. The van der Waals surface area contributed by atoms with E-state index in [2.05, 4.69) is 85.1 Å². The molecule has 0 radical (unpaired) electrons. The van der Waals surface area contributed by atoms with Gasteiger partial charge in [-0.05, 0) is 38.7 Å². The summed E-state index contributed by atoms with van der Waals surface area (Å²) in [5, 5.41) is 3.66. The lowest BCUT2D eigenvalue weighted by Gasteiger charge is -2.62. The second kappa shape index (κ2) is 7.22. The van der Waals surface area contributed by atoms with Crippen molar-refractivity contribution in [1.29, 1.82) is 0 Å². The second-order valence-corrected chi connectivity index (χ2v) is 9.32. The molecule has 2 heterocycles. The number of hydrogen-bond donors (Lipinski definition) is 1. The van der Waals surface area contributed by atoms with Crippen LogP contribution in [-0.4, -0.2) is 54.0 Å². The third-order valence-corrected chi connectivity index (χ3v) is 6.92. The Bertz CT molecular complexity index is 635. The molecule has 0 amide bonds. The molecule has 1 N–H and O–H groups in total. The van der Waals surface area contributed by atoms with Gasteiger partial charge in [-0.2, -0.15) is 0 Å². The standard InChI is InChI=1S/C22H36N4/c1-17-12-19(15-25(17)14-18-10-8-7-9-11-18)13-24-20(23-6)26-16-21(2,3)22(26,4)5/h7-11,17,19H,12-16H2,1-6H3,(H,23,24). The molecule has 0 aliphatic carbocycles. The zero-order valence-electron chi connectivity index (χ0n) is 17.4. The van der Waals surface area contributed by atoms with Crippen molar-refractivity contribution in [2.24, 2.45) is 16.3 Å². The number of rotatable bonds is 4. The van der Waals surface area contributed by atoms with Crippen LogP contribution in [0.4, 0.5) is 0 Å². The van der Waals surface area contributed by atoms with E-state index in [-0.39, 0.29) is 5.54 Å². The normalized spacial score (nSPS) is 28.1. The van der Waals surface area contributed by atoms with Gasteiger partial charge in [0.2, 0.25) is 0 Å². The molecular weight excluding hydrogens is 320 g/mol. The van der Waals surface area contributed by atoms with E-state index in [1.54, 1.807) is 0 Å². The first kappa shape index (κ1) is 19.2. The van der Waals surface area contributed by atoms with Crippen molar-refractivity contribution in [3.8, 4) is 0 Å². The van der Waals surface area contributed by atoms with E-state index in [0.717, 1.165) is 32.1 Å². The van der Waals surface area contributed by atoms with E-state index in [9.17, 15) is 0 Å². The maximum atomic E-state index is 4.56. The SMILES string of the molecule is CN=C(NCC1CC(C)N(Cc2ccccc2)C1)N1CC(C)(C)C1(C)C. The molecule has 3 rings (SSSR count). The zero-order chi connectivity index (χ0) is 18.9. The highest BCUT2D eigenvalue weighted by atomic mass is 15.4. The molecule has 0 spiro atoms. The quantitative estimate of drug-likeness (QED) is 0.661. The Morgan fingerprint density at radius 3 is 2.46 bits per heavy atom. The van der Waals surface area contributed by atoms with Gasteiger partial charge < -0.3 is 10.2 Å². The minimum atomic E-state index is 0.150. The van der Waals surface area contributed by atoms with E-state index >= 15 is 0 Å². The molecule has 2 saturated heterocycles. The number of likely N-dealkylation sites (tertiary alicyclic amines) is 2. The summed E-state index contributed by atoms with van der Waals surface area (Å²) in [6, 6.07) is 11.5. The predicted octanol–water partition coefficient (Wildman–Crippen LogP) is 3.59. The third kappa shape index (κ3) is 3.62. The lowest BCUT2D eigenvalue weighted by molar-refractivity contribution is -0.0668. The molecule has 26 heavy (non-hydrogen) atoms. The lowest BCUT2D eigenvalue weighted by atomic mass is 9.65. The first-order chi connectivity index (χ1) is 12.2. The van der Waals surface area contributed by atoms with Crippen LogP contribution in [0.3, 0.4) is 0 Å². The van der Waals surface area contributed by atoms with Crippen LogP contribution in [-0.2, 0) is 6.54 Å². The summed E-state index contributed by atoms with van der Waals surface area (Å²) in [5.41, 5.74) is 1.89. The first-order valence-corrected chi connectivity index (χ1v) is 10.0. The Kier molecular flexibility index (Phi) is 5.34. The molecule has 0 saturated carbocycles. The fourth-order valence-electron chi connectivity index (χ4n) is 4.33. The molecule has 4 nitrogen and oxygen atoms in total. The summed E-state index contributed by atoms with van der Waals surface area (Å²) in [6.45, 7) is 16.0. The molecule has 2 aliphatic rings. The molecule has 0 aromatic heterocycles. The molecule has 2 aliphatic heterocycles. The molecule has 144 valence electrons. The topological polar surface area (TPSA) is 30.9 Å². The molecule has 2 atom stereocenters. The Hall–Kier alpha value is -1.55. The van der Waals surface area contributed by atoms with E-state index in [4.69, 9.17) is 0 Å². The monoisotopic (exact) mass is 356 g/mol. The van der Waals surface area contributed by atoms with Crippen LogP contribution >= 0.6 is 0 Å². The van der Waals surface area contributed by atoms with Crippen LogP contribution in [0, 0.1) is 11.3 Å². The van der Waals surface area contributed by atoms with Gasteiger partial charge in [0.15, 0.2) is 5.96 Å². The molecular formula is C22H36N4. The van der Waals surface area contributed by atoms with Gasteiger partial charge in [0, 0.05) is 50.2 Å². The Labute approximate surface area is 159 Å². The van der Waals surface area contributed by atoms with Gasteiger partial charge >= 0.3 is 0 Å². The maximum absolute atomic E-state index is 4.56. The highest BCUT2D eigenvalue weighted by molar-refractivity contribution is 5.82. The van der Waals surface area contributed by atoms with Crippen molar-refractivity contribution >= 4 is 5.96 Å². The smallest absolute Gasteiger partial charge is 0.194 e. The number of guanidine groups is 1. The fraction of sp³-hybridized carbons (Fsp3) is 0.682. The average molecular weight is 357 g/mol. The van der Waals surface area contributed by atoms with Gasteiger partial charge in [-0.1, -0.05) is 44.2 Å². The van der Waals surface area contributed by atoms with Crippen LogP contribution < -0.4 is 5.32 Å². The van der Waals surface area contributed by atoms with Gasteiger partial charge in [0.1, 0.15) is 0 Å². The summed E-state index contributed by atoms with van der Waals surface area (Å²) in [5.74, 6) is 1.74. The second-order valence-electron chi connectivity index (χ2n) is 9.32. The Morgan fingerprint density at radius 2 is 1.88 bits per heavy atom. The highest BCUT2D eigenvalue weighted by Crippen LogP contribution is 2.46. The summed E-state index contributed by atoms with van der Waals surface area (Å²) < 4.78 is 0. The number of benzene rings is 1. The van der Waals surface area contributed by atoms with Crippen LogP contribution in [0.15, 0.2) is 35.3 Å². The highest BCUT2D eigenvalue weighted by Gasteiger charge is 2.53. The van der Waals surface area contributed by atoms with Gasteiger partial charge in [-0.15, -0.1) is 0 Å². The van der Waals surface area contributed by atoms with Crippen LogP contribution in [0.1, 0.15) is 46.6 Å². The van der Waals surface area contributed by atoms with Crippen LogP contribution in [0.2, 0.25) is 0 Å². The average Bonchev–Trinajstić information content (AvgIpc) is 2.95. The molecule has 1 aromatic rings. The van der Waals surface area contributed by atoms with Gasteiger partial charge in [-0.3, -0.25) is 9.89 Å². The van der Waals surface area contributed by atoms with Gasteiger partial charge in [0.25, 0.3) is 0 Å². The van der Waals surface area contributed by atoms with E-state index in [1.165, 1.54) is 12.0 Å². The van der Waals surface area contributed by atoms with Crippen molar-refractivity contribution in [2.45, 2.75) is 59.2 Å². The number of aliphatic imine (C=N–C) groups is 1. The maximum Gasteiger partial charge on any atom is 0.194 e.